The lowest BCUT2D eigenvalue weighted by molar-refractivity contribution is -0.114. The molecule has 8 heteroatoms. The summed E-state index contributed by atoms with van der Waals surface area (Å²) in [7, 11) is 1.58. The van der Waals surface area contributed by atoms with E-state index in [0.29, 0.717) is 16.6 Å². The number of methoxy groups -OCH3 is 1. The number of nitrogens with zero attached hydrogens (tertiary/aromatic N) is 1. The number of benzene rings is 2. The first-order valence-corrected chi connectivity index (χ1v) is 9.56. The molecule has 1 heterocycles. The van der Waals surface area contributed by atoms with Gasteiger partial charge in [-0.05, 0) is 42.5 Å². The van der Waals surface area contributed by atoms with Crippen molar-refractivity contribution in [3.8, 4) is 5.75 Å². The molecule has 2 amide bonds. The predicted molar refractivity (Wildman–Crippen MR) is 112 cm³/mol. The number of carbonyl (C=O) groups is 2. The van der Waals surface area contributed by atoms with E-state index in [1.165, 1.54) is 24.3 Å². The summed E-state index contributed by atoms with van der Waals surface area (Å²) in [6, 6.07) is 11.0. The topological polar surface area (TPSA) is 80.3 Å². The van der Waals surface area contributed by atoms with Crippen molar-refractivity contribution in [2.45, 2.75) is 6.92 Å². The fraction of sp³-hybridized carbons (Fsp3) is 0.105. The number of fused-ring (bicyclic) bond motifs is 1. The number of thiazole rings is 1. The van der Waals surface area contributed by atoms with Crippen LogP contribution in [0, 0.1) is 0 Å². The molecule has 2 N–H and O–H groups in total. The summed E-state index contributed by atoms with van der Waals surface area (Å²) in [4.78, 5) is 27.8. The van der Waals surface area contributed by atoms with Crippen LogP contribution in [0.1, 0.15) is 12.5 Å². The van der Waals surface area contributed by atoms with Crippen LogP contribution in [0.25, 0.3) is 16.3 Å². The van der Waals surface area contributed by atoms with Crippen LogP contribution in [0.4, 0.5) is 10.8 Å². The van der Waals surface area contributed by atoms with Gasteiger partial charge in [0.25, 0.3) is 0 Å². The summed E-state index contributed by atoms with van der Waals surface area (Å²) in [5.41, 5.74) is 2.23. The molecule has 0 unspecified atom stereocenters. The van der Waals surface area contributed by atoms with Gasteiger partial charge in [-0.15, -0.1) is 0 Å². The number of rotatable bonds is 5. The lowest BCUT2D eigenvalue weighted by atomic mass is 10.2. The molecule has 0 aliphatic rings. The van der Waals surface area contributed by atoms with Crippen molar-refractivity contribution in [2.24, 2.45) is 0 Å². The SMILES string of the molecule is COc1ccc(Br)cc1/C=C/C(=O)Nc1nc2ccc(NC(C)=O)cc2s1. The lowest BCUT2D eigenvalue weighted by Crippen LogP contribution is -2.07. The van der Waals surface area contributed by atoms with E-state index in [-0.39, 0.29) is 11.8 Å². The van der Waals surface area contributed by atoms with Crippen LogP contribution in [-0.2, 0) is 9.59 Å². The van der Waals surface area contributed by atoms with Crippen LogP contribution in [-0.4, -0.2) is 23.9 Å². The third kappa shape index (κ3) is 4.93. The zero-order chi connectivity index (χ0) is 19.4. The third-order valence-corrected chi connectivity index (χ3v) is 4.97. The number of carbonyl (C=O) groups excluding carboxylic acids is 2. The summed E-state index contributed by atoms with van der Waals surface area (Å²) in [6.07, 6.45) is 3.11. The lowest BCUT2D eigenvalue weighted by Gasteiger charge is -2.04. The molecule has 0 spiro atoms. The Kier molecular flexibility index (Phi) is 5.88. The van der Waals surface area contributed by atoms with Crippen LogP contribution in [0.15, 0.2) is 46.9 Å². The minimum Gasteiger partial charge on any atom is -0.496 e. The van der Waals surface area contributed by atoms with E-state index in [2.05, 4.69) is 31.5 Å². The number of hydrogen-bond acceptors (Lipinski definition) is 5. The Hall–Kier alpha value is -2.71. The molecule has 27 heavy (non-hydrogen) atoms. The normalized spacial score (nSPS) is 10.9. The molecule has 1 aromatic heterocycles. The molecule has 2 aromatic carbocycles. The Labute approximate surface area is 168 Å². The van der Waals surface area contributed by atoms with E-state index in [0.717, 1.165) is 20.3 Å². The second-order valence-corrected chi connectivity index (χ2v) is 7.54. The number of amides is 2. The monoisotopic (exact) mass is 445 g/mol. The molecule has 6 nitrogen and oxygen atoms in total. The Bertz CT molecular complexity index is 1050. The summed E-state index contributed by atoms with van der Waals surface area (Å²) < 4.78 is 7.05. The van der Waals surface area contributed by atoms with Gasteiger partial charge < -0.3 is 10.1 Å². The molecule has 0 saturated heterocycles. The van der Waals surface area contributed by atoms with Crippen molar-refractivity contribution in [1.82, 2.24) is 4.98 Å². The van der Waals surface area contributed by atoms with Crippen LogP contribution in [0.5, 0.6) is 5.75 Å². The molecule has 0 aliphatic heterocycles. The number of nitrogens with one attached hydrogen (secondary N) is 2. The smallest absolute Gasteiger partial charge is 0.250 e. The van der Waals surface area contributed by atoms with E-state index in [1.54, 1.807) is 25.3 Å². The maximum Gasteiger partial charge on any atom is 0.250 e. The highest BCUT2D eigenvalue weighted by Crippen LogP contribution is 2.29. The van der Waals surface area contributed by atoms with Gasteiger partial charge in [0.1, 0.15) is 5.75 Å². The van der Waals surface area contributed by atoms with Crippen molar-refractivity contribution in [3.05, 3.63) is 52.5 Å². The average Bonchev–Trinajstić information content (AvgIpc) is 3.01. The van der Waals surface area contributed by atoms with Crippen molar-refractivity contribution in [3.63, 3.8) is 0 Å². The first-order valence-electron chi connectivity index (χ1n) is 7.95. The fourth-order valence-electron chi connectivity index (χ4n) is 2.41. The molecular weight excluding hydrogens is 430 g/mol. The van der Waals surface area contributed by atoms with Gasteiger partial charge >= 0.3 is 0 Å². The number of ether oxygens (including phenoxy) is 1. The van der Waals surface area contributed by atoms with Crippen LogP contribution in [0.3, 0.4) is 0 Å². The molecule has 0 radical (unpaired) electrons. The second-order valence-electron chi connectivity index (χ2n) is 5.59. The van der Waals surface area contributed by atoms with Crippen LogP contribution >= 0.6 is 27.3 Å². The van der Waals surface area contributed by atoms with Gasteiger partial charge in [0.2, 0.25) is 11.8 Å². The minimum absolute atomic E-state index is 0.138. The largest absolute Gasteiger partial charge is 0.496 e. The van der Waals surface area contributed by atoms with E-state index in [9.17, 15) is 9.59 Å². The number of anilines is 2. The Balaban J connectivity index is 1.74. The Morgan fingerprint density at radius 2 is 2.00 bits per heavy atom. The summed E-state index contributed by atoms with van der Waals surface area (Å²) in [5, 5.41) is 5.97. The summed E-state index contributed by atoms with van der Waals surface area (Å²) in [5.74, 6) is 0.242. The average molecular weight is 446 g/mol. The van der Waals surface area contributed by atoms with Crippen molar-refractivity contribution < 1.29 is 14.3 Å². The zero-order valence-corrected chi connectivity index (χ0v) is 17.0. The first kappa shape index (κ1) is 19.1. The first-order chi connectivity index (χ1) is 12.9. The van der Waals surface area contributed by atoms with Gasteiger partial charge in [-0.25, -0.2) is 4.98 Å². The van der Waals surface area contributed by atoms with E-state index in [4.69, 9.17) is 4.74 Å². The van der Waals surface area contributed by atoms with E-state index < -0.39 is 0 Å². The zero-order valence-electron chi connectivity index (χ0n) is 14.6. The standard InChI is InChI=1S/C19H16BrN3O3S/c1-11(24)21-14-5-6-15-17(10-14)27-19(22-15)23-18(25)8-3-12-9-13(20)4-7-16(12)26-2/h3-10H,1-2H3,(H,21,24)(H,22,23,25)/b8-3+. The van der Waals surface area contributed by atoms with Gasteiger partial charge in [0.15, 0.2) is 5.13 Å². The maximum atomic E-state index is 12.2. The summed E-state index contributed by atoms with van der Waals surface area (Å²) >= 11 is 4.74. The molecule has 3 aromatic rings. The minimum atomic E-state index is -0.293. The molecule has 0 bridgehead atoms. The molecule has 0 atom stereocenters. The van der Waals surface area contributed by atoms with E-state index in [1.807, 2.05) is 24.3 Å². The second kappa shape index (κ2) is 8.32. The van der Waals surface area contributed by atoms with Gasteiger partial charge in [0, 0.05) is 28.7 Å². The van der Waals surface area contributed by atoms with Crippen LogP contribution < -0.4 is 15.4 Å². The van der Waals surface area contributed by atoms with Gasteiger partial charge in [0.05, 0.1) is 17.3 Å². The molecule has 0 aliphatic carbocycles. The molecule has 3 rings (SSSR count). The van der Waals surface area contributed by atoms with Crippen LogP contribution in [0.2, 0.25) is 0 Å². The molecular formula is C19H16BrN3O3S. The number of aromatic nitrogens is 1. The van der Waals surface area contributed by atoms with Crippen molar-refractivity contribution in [2.75, 3.05) is 17.7 Å². The maximum absolute atomic E-state index is 12.2. The highest BCUT2D eigenvalue weighted by Gasteiger charge is 2.08. The van der Waals surface area contributed by atoms with Gasteiger partial charge in [-0.2, -0.15) is 0 Å². The van der Waals surface area contributed by atoms with Crippen molar-refractivity contribution in [1.29, 1.82) is 0 Å². The quantitative estimate of drug-likeness (QED) is 0.558. The number of halogens is 1. The van der Waals surface area contributed by atoms with E-state index >= 15 is 0 Å². The Morgan fingerprint density at radius 1 is 1.19 bits per heavy atom. The third-order valence-electron chi connectivity index (χ3n) is 3.54. The molecule has 0 saturated carbocycles. The molecule has 138 valence electrons. The van der Waals surface area contributed by atoms with Crippen molar-refractivity contribution >= 4 is 66.2 Å². The highest BCUT2D eigenvalue weighted by molar-refractivity contribution is 9.10. The fourth-order valence-corrected chi connectivity index (χ4v) is 3.69. The highest BCUT2D eigenvalue weighted by atomic mass is 79.9. The number of hydrogen-bond donors (Lipinski definition) is 2. The Morgan fingerprint density at radius 3 is 2.74 bits per heavy atom. The predicted octanol–water partition coefficient (Wildman–Crippen LogP) is 4.68. The summed E-state index contributed by atoms with van der Waals surface area (Å²) in [6.45, 7) is 1.45. The molecule has 0 fully saturated rings. The van der Waals surface area contributed by atoms with Gasteiger partial charge in [-0.1, -0.05) is 27.3 Å². The van der Waals surface area contributed by atoms with Gasteiger partial charge in [-0.3, -0.25) is 14.9 Å².